The van der Waals surface area contributed by atoms with E-state index in [0.717, 1.165) is 0 Å². The lowest BCUT2D eigenvalue weighted by Crippen LogP contribution is -2.15. The molecular weight excluding hydrogens is 226 g/mol. The summed E-state index contributed by atoms with van der Waals surface area (Å²) in [5, 5.41) is 0. The van der Waals surface area contributed by atoms with Crippen molar-refractivity contribution in [1.82, 2.24) is 0 Å². The summed E-state index contributed by atoms with van der Waals surface area (Å²) in [5.41, 5.74) is 1.72. The van der Waals surface area contributed by atoms with Gasteiger partial charge in [0, 0.05) is 31.9 Å². The number of nitrogens with zero attached hydrogens (tertiary/aromatic N) is 1. The molecule has 0 radical (unpaired) electrons. The second kappa shape index (κ2) is 7.79. The quantitative estimate of drug-likeness (QED) is 0.561. The first-order chi connectivity index (χ1) is 7.38. The van der Waals surface area contributed by atoms with Crippen LogP contribution in [0.5, 0.6) is 0 Å². The molecule has 0 amide bonds. The second-order valence-electron chi connectivity index (χ2n) is 4.11. The summed E-state index contributed by atoms with van der Waals surface area (Å²) in [6, 6.07) is 0. The molecule has 0 aromatic heterocycles. The highest BCUT2D eigenvalue weighted by Crippen LogP contribution is 2.09. The Balaban J connectivity index is 0.000000385. The fourth-order valence-electron chi connectivity index (χ4n) is 1.90. The van der Waals surface area contributed by atoms with Crippen molar-refractivity contribution in [3.05, 3.63) is 0 Å². The predicted octanol–water partition coefficient (Wildman–Crippen LogP) is 1.61. The molecule has 0 saturated carbocycles. The summed E-state index contributed by atoms with van der Waals surface area (Å²) >= 11 is 0. The van der Waals surface area contributed by atoms with Gasteiger partial charge in [-0.2, -0.15) is 0 Å². The molecule has 0 atom stereocenters. The smallest absolute Gasteiger partial charge is 0.152 e. The van der Waals surface area contributed by atoms with Crippen LogP contribution in [0.2, 0.25) is 0 Å². The zero-order valence-electron chi connectivity index (χ0n) is 10.5. The molecule has 1 heterocycles. The van der Waals surface area contributed by atoms with Crippen molar-refractivity contribution in [1.29, 1.82) is 0 Å². The van der Waals surface area contributed by atoms with E-state index < -0.39 is 10.1 Å². The summed E-state index contributed by atoms with van der Waals surface area (Å²) in [7, 11) is -3.92. The minimum absolute atomic E-state index is 0.604. The molecular formula is C11H23NO3S. The zero-order chi connectivity index (χ0) is 12.6. The van der Waals surface area contributed by atoms with Crippen LogP contribution in [0, 0.1) is 0 Å². The molecule has 0 bridgehead atoms. The zero-order valence-corrected chi connectivity index (χ0v) is 11.3. The Bertz CT molecular complexity index is 296. The fourth-order valence-corrected chi connectivity index (χ4v) is 1.90. The topological polar surface area (TPSA) is 60.2 Å². The van der Waals surface area contributed by atoms with Gasteiger partial charge in [0.05, 0.1) is 10.1 Å². The molecule has 0 fully saturated rings. The van der Waals surface area contributed by atoms with Crippen molar-refractivity contribution in [2.75, 3.05) is 19.3 Å². The Morgan fingerprint density at radius 1 is 1.31 bits per heavy atom. The van der Waals surface area contributed by atoms with Gasteiger partial charge in [-0.15, -0.1) is 0 Å². The summed E-state index contributed by atoms with van der Waals surface area (Å²) in [6.07, 6.45) is 7.32. The molecule has 0 aromatic rings. The molecule has 4 nitrogen and oxygen atoms in total. The minimum atomic E-state index is -3.92. The molecule has 0 aliphatic carbocycles. The summed E-state index contributed by atoms with van der Waals surface area (Å²) in [4.78, 5) is 0. The van der Waals surface area contributed by atoms with E-state index in [4.69, 9.17) is 13.0 Å². The highest BCUT2D eigenvalue weighted by molar-refractivity contribution is 7.84. The fraction of sp³-hybridized carbons (Fsp3) is 0.909. The van der Waals surface area contributed by atoms with Crippen molar-refractivity contribution in [3.8, 4) is 0 Å². The number of hydrogen-bond acceptors (Lipinski definition) is 3. The highest BCUT2D eigenvalue weighted by Gasteiger charge is 2.19. The van der Waals surface area contributed by atoms with Gasteiger partial charge in [0.1, 0.15) is 13.1 Å². The highest BCUT2D eigenvalue weighted by atomic mass is 32.2. The molecule has 1 rings (SSSR count). The van der Waals surface area contributed by atoms with Crippen LogP contribution in [-0.2, 0) is 10.1 Å². The maximum absolute atomic E-state index is 9.08. The standard InChI is InChI=1S/C10H20N.CH4O3S/c1-3-6-10-7-5-9-11(10)8-4-2;1-5(2,3)4/h3-9H2,1-2H3;1H3,(H,2,3,4)/q+1;/p-1. The molecule has 0 N–H and O–H groups in total. The van der Waals surface area contributed by atoms with E-state index in [2.05, 4.69) is 18.4 Å². The van der Waals surface area contributed by atoms with Gasteiger partial charge in [0.15, 0.2) is 5.71 Å². The summed E-state index contributed by atoms with van der Waals surface area (Å²) < 4.78 is 29.8. The Morgan fingerprint density at radius 3 is 2.31 bits per heavy atom. The van der Waals surface area contributed by atoms with E-state index in [9.17, 15) is 0 Å². The first-order valence-electron chi connectivity index (χ1n) is 5.89. The maximum atomic E-state index is 9.08. The van der Waals surface area contributed by atoms with Crippen LogP contribution in [0.1, 0.15) is 46.0 Å². The van der Waals surface area contributed by atoms with Crippen molar-refractivity contribution >= 4 is 15.8 Å². The predicted molar refractivity (Wildman–Crippen MR) is 65.1 cm³/mol. The largest absolute Gasteiger partial charge is 0.748 e. The third-order valence-corrected chi connectivity index (χ3v) is 2.37. The third-order valence-electron chi connectivity index (χ3n) is 2.37. The lowest BCUT2D eigenvalue weighted by atomic mass is 10.1. The van der Waals surface area contributed by atoms with Crippen molar-refractivity contribution in [3.63, 3.8) is 0 Å². The van der Waals surface area contributed by atoms with Gasteiger partial charge in [-0.05, 0) is 6.42 Å². The first-order valence-corrected chi connectivity index (χ1v) is 7.70. The molecule has 96 valence electrons. The van der Waals surface area contributed by atoms with E-state index >= 15 is 0 Å². The molecule has 0 spiro atoms. The van der Waals surface area contributed by atoms with Crippen molar-refractivity contribution in [2.45, 2.75) is 46.0 Å². The van der Waals surface area contributed by atoms with Gasteiger partial charge < -0.3 is 4.55 Å². The van der Waals surface area contributed by atoms with E-state index in [1.165, 1.54) is 45.2 Å². The molecule has 0 saturated heterocycles. The normalized spacial score (nSPS) is 16.0. The Hall–Kier alpha value is -0.420. The molecule has 5 heteroatoms. The first kappa shape index (κ1) is 15.6. The second-order valence-corrected chi connectivity index (χ2v) is 5.52. The van der Waals surface area contributed by atoms with Gasteiger partial charge in [0.2, 0.25) is 0 Å². The summed E-state index contributed by atoms with van der Waals surface area (Å²) in [6.45, 7) is 7.15. The van der Waals surface area contributed by atoms with Gasteiger partial charge in [-0.3, -0.25) is 0 Å². The average molecular weight is 249 g/mol. The average Bonchev–Trinajstić information content (AvgIpc) is 2.51. The van der Waals surface area contributed by atoms with Crippen LogP contribution in [0.15, 0.2) is 0 Å². The van der Waals surface area contributed by atoms with Gasteiger partial charge in [0.25, 0.3) is 0 Å². The number of rotatable bonds is 4. The molecule has 1 aliphatic heterocycles. The molecule has 0 aromatic carbocycles. The van der Waals surface area contributed by atoms with Crippen molar-refractivity contribution < 1.29 is 17.5 Å². The lowest BCUT2D eigenvalue weighted by molar-refractivity contribution is -0.521. The Morgan fingerprint density at radius 2 is 1.88 bits per heavy atom. The maximum Gasteiger partial charge on any atom is 0.152 e. The van der Waals surface area contributed by atoms with Gasteiger partial charge in [-0.25, -0.2) is 13.0 Å². The SMILES string of the molecule is CCCC1=[N+](CCC)CCC1.CS(=O)(=O)[O-]. The van der Waals surface area contributed by atoms with Crippen LogP contribution in [0.4, 0.5) is 0 Å². The molecule has 16 heavy (non-hydrogen) atoms. The van der Waals surface area contributed by atoms with E-state index in [-0.39, 0.29) is 0 Å². The van der Waals surface area contributed by atoms with E-state index in [1.54, 1.807) is 5.71 Å². The Kier molecular flexibility index (Phi) is 7.58. The van der Waals surface area contributed by atoms with Crippen LogP contribution in [0.25, 0.3) is 0 Å². The van der Waals surface area contributed by atoms with Crippen LogP contribution < -0.4 is 0 Å². The monoisotopic (exact) mass is 249 g/mol. The molecule has 0 unspecified atom stereocenters. The minimum Gasteiger partial charge on any atom is -0.748 e. The Labute approximate surface area is 99.1 Å². The third kappa shape index (κ3) is 8.85. The summed E-state index contributed by atoms with van der Waals surface area (Å²) in [5.74, 6) is 0. The van der Waals surface area contributed by atoms with Crippen LogP contribution in [-0.4, -0.2) is 42.6 Å². The van der Waals surface area contributed by atoms with Gasteiger partial charge >= 0.3 is 0 Å². The lowest BCUT2D eigenvalue weighted by Gasteiger charge is -1.98. The van der Waals surface area contributed by atoms with Crippen LogP contribution >= 0.6 is 0 Å². The van der Waals surface area contributed by atoms with Gasteiger partial charge in [-0.1, -0.05) is 13.8 Å². The van der Waals surface area contributed by atoms with E-state index in [0.29, 0.717) is 6.26 Å². The van der Waals surface area contributed by atoms with Crippen molar-refractivity contribution in [2.24, 2.45) is 0 Å². The number of hydrogen-bond donors (Lipinski definition) is 0. The molecule has 1 aliphatic rings. The van der Waals surface area contributed by atoms with Crippen LogP contribution in [0.3, 0.4) is 0 Å². The van der Waals surface area contributed by atoms with E-state index in [1.807, 2.05) is 0 Å².